The molecule has 0 saturated carbocycles. The molecule has 3 rings (SSSR count). The highest BCUT2D eigenvalue weighted by Gasteiger charge is 2.11. The first-order valence-corrected chi connectivity index (χ1v) is 9.48. The molecule has 1 aromatic heterocycles. The first kappa shape index (κ1) is 19.5. The highest BCUT2D eigenvalue weighted by Crippen LogP contribution is 2.09. The zero-order valence-corrected chi connectivity index (χ0v) is 15.9. The number of carbonyl (C=O) groups is 1. The van der Waals surface area contributed by atoms with Gasteiger partial charge in [0.1, 0.15) is 5.69 Å². The van der Waals surface area contributed by atoms with Gasteiger partial charge in [0.2, 0.25) is 5.95 Å². The number of hydrogen-bond donors (Lipinski definition) is 2. The van der Waals surface area contributed by atoms with Gasteiger partial charge in [0.05, 0.1) is 13.2 Å². The van der Waals surface area contributed by atoms with Crippen molar-refractivity contribution < 1.29 is 9.53 Å². The van der Waals surface area contributed by atoms with E-state index in [0.717, 1.165) is 51.4 Å². The maximum Gasteiger partial charge on any atom is 0.270 e. The third-order valence-electron chi connectivity index (χ3n) is 4.32. The van der Waals surface area contributed by atoms with Crippen molar-refractivity contribution in [1.29, 1.82) is 0 Å². The van der Waals surface area contributed by atoms with Gasteiger partial charge >= 0.3 is 0 Å². The molecule has 2 aromatic rings. The van der Waals surface area contributed by atoms with Crippen molar-refractivity contribution in [2.45, 2.75) is 6.42 Å². The molecule has 1 amide bonds. The van der Waals surface area contributed by atoms with Crippen LogP contribution in [0.3, 0.4) is 0 Å². The van der Waals surface area contributed by atoms with Crippen LogP contribution < -0.4 is 10.6 Å². The van der Waals surface area contributed by atoms with E-state index in [1.165, 1.54) is 0 Å². The molecule has 27 heavy (non-hydrogen) atoms. The third kappa shape index (κ3) is 6.46. The Morgan fingerprint density at radius 1 is 1.15 bits per heavy atom. The highest BCUT2D eigenvalue weighted by molar-refractivity contribution is 6.30. The summed E-state index contributed by atoms with van der Waals surface area (Å²) in [5, 5.41) is 6.77. The lowest BCUT2D eigenvalue weighted by Gasteiger charge is -2.26. The fraction of sp³-hybridized carbons (Fsp3) is 0.421. The van der Waals surface area contributed by atoms with Crippen molar-refractivity contribution in [3.8, 4) is 0 Å². The summed E-state index contributed by atoms with van der Waals surface area (Å²) in [5.74, 6) is 0.260. The zero-order valence-electron chi connectivity index (χ0n) is 15.2. The van der Waals surface area contributed by atoms with Gasteiger partial charge in [-0.1, -0.05) is 23.7 Å². The Labute approximate surface area is 164 Å². The third-order valence-corrected chi connectivity index (χ3v) is 4.57. The average molecular weight is 390 g/mol. The zero-order chi connectivity index (χ0) is 18.9. The summed E-state index contributed by atoms with van der Waals surface area (Å²) in [7, 11) is 0. The van der Waals surface area contributed by atoms with E-state index in [1.54, 1.807) is 12.3 Å². The molecule has 7 nitrogen and oxygen atoms in total. The lowest BCUT2D eigenvalue weighted by atomic mass is 10.1. The first-order chi connectivity index (χ1) is 13.2. The standard InChI is InChI=1S/C19H24ClN5O2/c20-16-3-1-15(2-4-16)5-7-21-18(26)17-6-8-22-19(24-17)23-9-10-25-11-13-27-14-12-25/h1-4,6,8H,5,7,9-14H2,(H,21,26)(H,22,23,24). The Bertz CT molecular complexity index is 735. The summed E-state index contributed by atoms with van der Waals surface area (Å²) in [6.07, 6.45) is 2.33. The van der Waals surface area contributed by atoms with Crippen molar-refractivity contribution in [3.63, 3.8) is 0 Å². The van der Waals surface area contributed by atoms with Crippen LogP contribution in [0.5, 0.6) is 0 Å². The summed E-state index contributed by atoms with van der Waals surface area (Å²) >= 11 is 5.87. The molecular weight excluding hydrogens is 366 g/mol. The number of aromatic nitrogens is 2. The SMILES string of the molecule is O=C(NCCc1ccc(Cl)cc1)c1ccnc(NCCN2CCOCC2)n1. The molecule has 0 unspecified atom stereocenters. The Hall–Kier alpha value is -2.22. The number of ether oxygens (including phenoxy) is 1. The molecule has 2 N–H and O–H groups in total. The van der Waals surface area contributed by atoms with Crippen molar-refractivity contribution >= 4 is 23.5 Å². The maximum atomic E-state index is 12.3. The van der Waals surface area contributed by atoms with Crippen LogP contribution in [0.2, 0.25) is 5.02 Å². The van der Waals surface area contributed by atoms with Crippen LogP contribution >= 0.6 is 11.6 Å². The number of morpholine rings is 1. The summed E-state index contributed by atoms with van der Waals surface area (Å²) in [6, 6.07) is 9.21. The van der Waals surface area contributed by atoms with Gasteiger partial charge in [0.25, 0.3) is 5.91 Å². The lowest BCUT2D eigenvalue weighted by molar-refractivity contribution is 0.0398. The van der Waals surface area contributed by atoms with E-state index < -0.39 is 0 Å². The molecule has 0 bridgehead atoms. The van der Waals surface area contributed by atoms with E-state index in [4.69, 9.17) is 16.3 Å². The van der Waals surface area contributed by atoms with Crippen molar-refractivity contribution in [2.24, 2.45) is 0 Å². The lowest BCUT2D eigenvalue weighted by Crippen LogP contribution is -2.39. The molecule has 2 heterocycles. The number of benzene rings is 1. The largest absolute Gasteiger partial charge is 0.379 e. The molecule has 0 aliphatic carbocycles. The van der Waals surface area contributed by atoms with E-state index in [-0.39, 0.29) is 5.91 Å². The summed E-state index contributed by atoms with van der Waals surface area (Å²) in [4.78, 5) is 23.1. The summed E-state index contributed by atoms with van der Waals surface area (Å²) < 4.78 is 5.33. The first-order valence-electron chi connectivity index (χ1n) is 9.10. The topological polar surface area (TPSA) is 79.4 Å². The van der Waals surface area contributed by atoms with E-state index >= 15 is 0 Å². The second-order valence-electron chi connectivity index (χ2n) is 6.28. The molecule has 1 aromatic carbocycles. The Balaban J connectivity index is 1.42. The average Bonchev–Trinajstić information content (AvgIpc) is 2.70. The molecule has 1 aliphatic rings. The van der Waals surface area contributed by atoms with E-state index in [0.29, 0.717) is 23.2 Å². The van der Waals surface area contributed by atoms with Crippen LogP contribution in [0.15, 0.2) is 36.5 Å². The van der Waals surface area contributed by atoms with Crippen LogP contribution in [0.1, 0.15) is 16.1 Å². The monoisotopic (exact) mass is 389 g/mol. The molecule has 8 heteroatoms. The minimum atomic E-state index is -0.206. The fourth-order valence-corrected chi connectivity index (χ4v) is 2.91. The number of amides is 1. The van der Waals surface area contributed by atoms with Gasteiger partial charge in [-0.25, -0.2) is 9.97 Å². The Morgan fingerprint density at radius 3 is 2.70 bits per heavy atom. The van der Waals surface area contributed by atoms with Gasteiger partial charge in [-0.3, -0.25) is 9.69 Å². The van der Waals surface area contributed by atoms with Crippen molar-refractivity contribution in [2.75, 3.05) is 51.3 Å². The number of anilines is 1. The van der Waals surface area contributed by atoms with E-state index in [1.807, 2.05) is 24.3 Å². The molecule has 1 saturated heterocycles. The number of hydrogen-bond acceptors (Lipinski definition) is 6. The molecule has 0 atom stereocenters. The normalized spacial score (nSPS) is 14.7. The van der Waals surface area contributed by atoms with Crippen molar-refractivity contribution in [1.82, 2.24) is 20.2 Å². The van der Waals surface area contributed by atoms with Crippen LogP contribution in [0, 0.1) is 0 Å². The van der Waals surface area contributed by atoms with E-state index in [9.17, 15) is 4.79 Å². The predicted molar refractivity (Wildman–Crippen MR) is 105 cm³/mol. The summed E-state index contributed by atoms with van der Waals surface area (Å²) in [6.45, 7) is 5.59. The van der Waals surface area contributed by atoms with Crippen LogP contribution in [-0.2, 0) is 11.2 Å². The van der Waals surface area contributed by atoms with Gasteiger partial charge < -0.3 is 15.4 Å². The van der Waals surface area contributed by atoms with Gasteiger partial charge in [-0.15, -0.1) is 0 Å². The van der Waals surface area contributed by atoms with Crippen LogP contribution in [0.4, 0.5) is 5.95 Å². The maximum absolute atomic E-state index is 12.3. The second-order valence-corrected chi connectivity index (χ2v) is 6.72. The number of carbonyl (C=O) groups excluding carboxylic acids is 1. The molecule has 144 valence electrons. The number of rotatable bonds is 8. The number of halogens is 1. The predicted octanol–water partition coefficient (Wildman–Crippen LogP) is 1.85. The van der Waals surface area contributed by atoms with Gasteiger partial charge in [-0.2, -0.15) is 0 Å². The highest BCUT2D eigenvalue weighted by atomic mass is 35.5. The second kappa shape index (κ2) is 10.2. The molecule has 0 radical (unpaired) electrons. The molecule has 1 fully saturated rings. The minimum absolute atomic E-state index is 0.206. The summed E-state index contributed by atoms with van der Waals surface area (Å²) in [5.41, 5.74) is 1.47. The molecular formula is C19H24ClN5O2. The quantitative estimate of drug-likeness (QED) is 0.717. The minimum Gasteiger partial charge on any atom is -0.379 e. The van der Waals surface area contributed by atoms with E-state index in [2.05, 4.69) is 25.5 Å². The van der Waals surface area contributed by atoms with Gasteiger partial charge in [-0.05, 0) is 30.2 Å². The number of nitrogens with zero attached hydrogens (tertiary/aromatic N) is 3. The van der Waals surface area contributed by atoms with Gasteiger partial charge in [0, 0.05) is 43.9 Å². The van der Waals surface area contributed by atoms with Crippen molar-refractivity contribution in [3.05, 3.63) is 52.8 Å². The Kier molecular flexibility index (Phi) is 7.38. The molecule has 0 spiro atoms. The number of nitrogens with one attached hydrogen (secondary N) is 2. The van der Waals surface area contributed by atoms with Crippen LogP contribution in [0.25, 0.3) is 0 Å². The molecule has 1 aliphatic heterocycles. The van der Waals surface area contributed by atoms with Gasteiger partial charge in [0.15, 0.2) is 0 Å². The fourth-order valence-electron chi connectivity index (χ4n) is 2.78. The van der Waals surface area contributed by atoms with Crippen LogP contribution in [-0.4, -0.2) is 66.7 Å². The Morgan fingerprint density at radius 2 is 1.93 bits per heavy atom. The smallest absolute Gasteiger partial charge is 0.270 e.